The average Bonchev–Trinajstić information content (AvgIpc) is 2.54. The van der Waals surface area contributed by atoms with Crippen molar-refractivity contribution in [2.45, 2.75) is 4.90 Å². The summed E-state index contributed by atoms with van der Waals surface area (Å²) in [6.45, 7) is 0. The van der Waals surface area contributed by atoms with Crippen molar-refractivity contribution >= 4 is 34.1 Å². The molecule has 3 rings (SSSR count). The molecule has 3 aromatic carbocycles. The number of fused-ring (bicyclic) bond motifs is 1. The van der Waals surface area contributed by atoms with Crippen LogP contribution in [0.15, 0.2) is 77.7 Å². The predicted molar refractivity (Wildman–Crippen MR) is 89.7 cm³/mol. The van der Waals surface area contributed by atoms with E-state index in [0.29, 0.717) is 5.75 Å². The molecule has 0 saturated heterocycles. The minimum Gasteiger partial charge on any atom is -0.325 e. The topological polar surface area (TPSA) is 29.1 Å². The molecule has 0 unspecified atom stereocenters. The summed E-state index contributed by atoms with van der Waals surface area (Å²) in [5.41, 5.74) is 0.840. The van der Waals surface area contributed by atoms with Crippen LogP contribution < -0.4 is 5.32 Å². The van der Waals surface area contributed by atoms with E-state index in [0.717, 1.165) is 16.0 Å². The zero-order chi connectivity index (χ0) is 14.5. The highest BCUT2D eigenvalue weighted by atomic mass is 32.2. The Hall–Kier alpha value is -2.26. The second-order valence-corrected chi connectivity index (χ2v) is 5.76. The number of carbonyl (C=O) groups excluding carboxylic acids is 1. The third-order valence-corrected chi connectivity index (χ3v) is 4.16. The van der Waals surface area contributed by atoms with Gasteiger partial charge in [0, 0.05) is 10.6 Å². The lowest BCUT2D eigenvalue weighted by molar-refractivity contribution is -0.113. The summed E-state index contributed by atoms with van der Waals surface area (Å²) in [7, 11) is 0. The Kier molecular flexibility index (Phi) is 4.22. The van der Waals surface area contributed by atoms with E-state index in [4.69, 9.17) is 0 Å². The monoisotopic (exact) mass is 293 g/mol. The number of nitrogens with one attached hydrogen (secondary N) is 1. The normalized spacial score (nSPS) is 10.5. The van der Waals surface area contributed by atoms with Gasteiger partial charge in [-0.25, -0.2) is 0 Å². The minimum atomic E-state index is 0.0131. The second-order valence-electron chi connectivity index (χ2n) is 4.71. The maximum absolute atomic E-state index is 12.0. The van der Waals surface area contributed by atoms with E-state index in [9.17, 15) is 4.79 Å². The number of thioether (sulfide) groups is 1. The van der Waals surface area contributed by atoms with Crippen LogP contribution in [0.25, 0.3) is 10.8 Å². The zero-order valence-electron chi connectivity index (χ0n) is 11.5. The number of hydrogen-bond acceptors (Lipinski definition) is 2. The molecule has 0 heterocycles. The second kappa shape index (κ2) is 6.46. The highest BCUT2D eigenvalue weighted by molar-refractivity contribution is 8.00. The summed E-state index contributed by atoms with van der Waals surface area (Å²) >= 11 is 1.54. The van der Waals surface area contributed by atoms with Gasteiger partial charge in [0.1, 0.15) is 0 Å². The van der Waals surface area contributed by atoms with Crippen molar-refractivity contribution in [1.29, 1.82) is 0 Å². The summed E-state index contributed by atoms with van der Waals surface area (Å²) < 4.78 is 0. The Balaban J connectivity index is 1.63. The van der Waals surface area contributed by atoms with Crippen LogP contribution in [-0.2, 0) is 4.79 Å². The largest absolute Gasteiger partial charge is 0.325 e. The van der Waals surface area contributed by atoms with E-state index in [1.807, 2.05) is 66.7 Å². The van der Waals surface area contributed by atoms with Gasteiger partial charge in [-0.1, -0.05) is 48.5 Å². The first-order valence-corrected chi connectivity index (χ1v) is 7.76. The highest BCUT2D eigenvalue weighted by Crippen LogP contribution is 2.20. The van der Waals surface area contributed by atoms with Gasteiger partial charge >= 0.3 is 0 Å². The van der Waals surface area contributed by atoms with Gasteiger partial charge in [-0.2, -0.15) is 0 Å². The van der Waals surface area contributed by atoms with Crippen LogP contribution in [0.1, 0.15) is 0 Å². The van der Waals surface area contributed by atoms with Crippen molar-refractivity contribution in [3.05, 3.63) is 72.8 Å². The van der Waals surface area contributed by atoms with Crippen LogP contribution in [-0.4, -0.2) is 11.7 Å². The maximum Gasteiger partial charge on any atom is 0.234 e. The summed E-state index contributed by atoms with van der Waals surface area (Å²) in [5, 5.41) is 5.25. The van der Waals surface area contributed by atoms with Gasteiger partial charge in [-0.3, -0.25) is 4.79 Å². The Bertz CT molecular complexity index is 755. The van der Waals surface area contributed by atoms with E-state index in [2.05, 4.69) is 11.4 Å². The molecule has 1 N–H and O–H groups in total. The predicted octanol–water partition coefficient (Wildman–Crippen LogP) is 4.57. The van der Waals surface area contributed by atoms with Gasteiger partial charge in [0.2, 0.25) is 5.91 Å². The third kappa shape index (κ3) is 3.64. The first kappa shape index (κ1) is 13.7. The summed E-state index contributed by atoms with van der Waals surface area (Å²) in [4.78, 5) is 13.1. The SMILES string of the molecule is O=C(CSc1ccccc1)Nc1ccc2ccccc2c1. The van der Waals surface area contributed by atoms with Crippen molar-refractivity contribution in [3.8, 4) is 0 Å². The van der Waals surface area contributed by atoms with Crippen LogP contribution in [0.3, 0.4) is 0 Å². The fourth-order valence-corrected chi connectivity index (χ4v) is 2.85. The van der Waals surface area contributed by atoms with E-state index < -0.39 is 0 Å². The Labute approximate surface area is 128 Å². The Morgan fingerprint density at radius 3 is 2.38 bits per heavy atom. The van der Waals surface area contributed by atoms with Crippen LogP contribution in [0.2, 0.25) is 0 Å². The van der Waals surface area contributed by atoms with Gasteiger partial charge < -0.3 is 5.32 Å². The van der Waals surface area contributed by atoms with Gasteiger partial charge in [0.25, 0.3) is 0 Å². The molecule has 0 spiro atoms. The first-order valence-electron chi connectivity index (χ1n) is 6.78. The molecule has 0 aromatic heterocycles. The third-order valence-electron chi connectivity index (χ3n) is 3.15. The number of hydrogen-bond donors (Lipinski definition) is 1. The maximum atomic E-state index is 12.0. The Morgan fingerprint density at radius 1 is 0.857 bits per heavy atom. The summed E-state index contributed by atoms with van der Waals surface area (Å²) in [6, 6.07) is 24.0. The molecule has 0 atom stereocenters. The van der Waals surface area contributed by atoms with Gasteiger partial charge in [-0.15, -0.1) is 11.8 Å². The molecule has 0 radical (unpaired) electrons. The lowest BCUT2D eigenvalue weighted by Crippen LogP contribution is -2.13. The molecule has 0 bridgehead atoms. The lowest BCUT2D eigenvalue weighted by atomic mass is 10.1. The van der Waals surface area contributed by atoms with Crippen LogP contribution >= 0.6 is 11.8 Å². The quantitative estimate of drug-likeness (QED) is 0.714. The standard InChI is InChI=1S/C18H15NOS/c20-18(13-21-17-8-2-1-3-9-17)19-16-11-10-14-6-4-5-7-15(14)12-16/h1-12H,13H2,(H,19,20). The van der Waals surface area contributed by atoms with Crippen LogP contribution in [0, 0.1) is 0 Å². The summed E-state index contributed by atoms with van der Waals surface area (Å²) in [5.74, 6) is 0.427. The molecular weight excluding hydrogens is 278 g/mol. The molecule has 1 amide bonds. The Morgan fingerprint density at radius 2 is 1.57 bits per heavy atom. The molecule has 0 aliphatic rings. The minimum absolute atomic E-state index is 0.0131. The van der Waals surface area contributed by atoms with Crippen molar-refractivity contribution in [2.75, 3.05) is 11.1 Å². The van der Waals surface area contributed by atoms with Crippen molar-refractivity contribution in [1.82, 2.24) is 0 Å². The van der Waals surface area contributed by atoms with Gasteiger partial charge in [0.15, 0.2) is 0 Å². The molecular formula is C18H15NOS. The number of carbonyl (C=O) groups is 1. The molecule has 2 nitrogen and oxygen atoms in total. The molecule has 21 heavy (non-hydrogen) atoms. The molecule has 0 aliphatic carbocycles. The fourth-order valence-electron chi connectivity index (χ4n) is 2.13. The number of amides is 1. The average molecular weight is 293 g/mol. The number of rotatable bonds is 4. The van der Waals surface area contributed by atoms with Crippen molar-refractivity contribution in [3.63, 3.8) is 0 Å². The summed E-state index contributed by atoms with van der Waals surface area (Å²) in [6.07, 6.45) is 0. The van der Waals surface area contributed by atoms with Gasteiger partial charge in [-0.05, 0) is 35.0 Å². The van der Waals surface area contributed by atoms with E-state index >= 15 is 0 Å². The molecule has 104 valence electrons. The molecule has 0 aliphatic heterocycles. The zero-order valence-corrected chi connectivity index (χ0v) is 12.3. The number of benzene rings is 3. The van der Waals surface area contributed by atoms with Crippen molar-refractivity contribution in [2.24, 2.45) is 0 Å². The smallest absolute Gasteiger partial charge is 0.234 e. The van der Waals surface area contributed by atoms with Crippen LogP contribution in [0.5, 0.6) is 0 Å². The van der Waals surface area contributed by atoms with E-state index in [1.165, 1.54) is 17.1 Å². The number of anilines is 1. The molecule has 0 fully saturated rings. The first-order chi connectivity index (χ1) is 10.3. The lowest BCUT2D eigenvalue weighted by Gasteiger charge is -2.06. The van der Waals surface area contributed by atoms with Gasteiger partial charge in [0.05, 0.1) is 5.75 Å². The molecule has 0 saturated carbocycles. The van der Waals surface area contributed by atoms with E-state index in [-0.39, 0.29) is 5.91 Å². The molecule has 3 heteroatoms. The highest BCUT2D eigenvalue weighted by Gasteiger charge is 2.04. The van der Waals surface area contributed by atoms with Crippen molar-refractivity contribution < 1.29 is 4.79 Å². The van der Waals surface area contributed by atoms with E-state index in [1.54, 1.807) is 0 Å². The fraction of sp³-hybridized carbons (Fsp3) is 0.0556. The molecule has 3 aromatic rings. The van der Waals surface area contributed by atoms with Crippen LogP contribution in [0.4, 0.5) is 5.69 Å².